The number of allylic oxidation sites excluding steroid dienone is 2. The second-order valence-corrected chi connectivity index (χ2v) is 11.5. The number of carbonyl (C=O) groups excluding carboxylic acids is 3. The number of ether oxygens (including phenoxy) is 1. The van der Waals surface area contributed by atoms with Gasteiger partial charge in [0.15, 0.2) is 0 Å². The average Bonchev–Trinajstić information content (AvgIpc) is 3.31. The molecule has 0 spiro atoms. The summed E-state index contributed by atoms with van der Waals surface area (Å²) in [7, 11) is 0. The van der Waals surface area contributed by atoms with Crippen LogP contribution in [-0.2, 0) is 19.1 Å². The Kier molecular flexibility index (Phi) is 7.86. The number of amides is 2. The van der Waals surface area contributed by atoms with Crippen molar-refractivity contribution in [2.24, 2.45) is 22.2 Å². The van der Waals surface area contributed by atoms with E-state index in [1.54, 1.807) is 0 Å². The number of benzodiazepines with no additional fused rings is 1. The Morgan fingerprint density at radius 3 is 2.32 bits per heavy atom. The molecule has 7 heteroatoms. The number of rotatable bonds is 7. The predicted octanol–water partition coefficient (Wildman–Crippen LogP) is 5.26. The maximum Gasteiger partial charge on any atom is 0.314 e. The highest BCUT2D eigenvalue weighted by atomic mass is 16.6. The molecule has 2 aromatic carbocycles. The number of anilines is 1. The van der Waals surface area contributed by atoms with E-state index < -0.39 is 29.0 Å². The van der Waals surface area contributed by atoms with Crippen LogP contribution in [0.2, 0.25) is 0 Å². The molecule has 0 bridgehead atoms. The van der Waals surface area contributed by atoms with Crippen LogP contribution in [0.25, 0.3) is 0 Å². The Balaban J connectivity index is 1.70. The van der Waals surface area contributed by atoms with E-state index in [9.17, 15) is 14.4 Å². The maximum atomic E-state index is 14.0. The highest BCUT2D eigenvalue weighted by molar-refractivity contribution is 6.19. The molecule has 2 amide bonds. The molecule has 1 heterocycles. The molecule has 2 aliphatic rings. The number of nitrogens with zero attached hydrogens (tertiary/aromatic N) is 1. The van der Waals surface area contributed by atoms with Crippen molar-refractivity contribution >= 4 is 29.2 Å². The molecule has 0 saturated carbocycles. The maximum absolute atomic E-state index is 14.0. The van der Waals surface area contributed by atoms with Crippen LogP contribution in [0.3, 0.4) is 0 Å². The van der Waals surface area contributed by atoms with Crippen molar-refractivity contribution in [1.29, 1.82) is 0 Å². The summed E-state index contributed by atoms with van der Waals surface area (Å²) in [5.41, 5.74) is 1.12. The van der Waals surface area contributed by atoms with Crippen LogP contribution in [0.1, 0.15) is 65.0 Å². The van der Waals surface area contributed by atoms with Gasteiger partial charge in [-0.3, -0.25) is 14.4 Å². The highest BCUT2D eigenvalue weighted by Gasteiger charge is 2.51. The normalized spacial score (nSPS) is 19.2. The van der Waals surface area contributed by atoms with Crippen molar-refractivity contribution in [3.63, 3.8) is 0 Å². The summed E-state index contributed by atoms with van der Waals surface area (Å²) in [4.78, 5) is 45.6. The molecule has 0 saturated heterocycles. The van der Waals surface area contributed by atoms with Gasteiger partial charge in [0.25, 0.3) is 5.91 Å². The minimum absolute atomic E-state index is 0.140. The van der Waals surface area contributed by atoms with Gasteiger partial charge in [0.2, 0.25) is 12.1 Å². The Hall–Kier alpha value is -3.74. The molecular formula is C31H37N3O4. The van der Waals surface area contributed by atoms with Crippen LogP contribution in [0.5, 0.6) is 0 Å². The quantitative estimate of drug-likeness (QED) is 0.388. The molecule has 2 atom stereocenters. The van der Waals surface area contributed by atoms with Gasteiger partial charge in [-0.05, 0) is 52.0 Å². The lowest BCUT2D eigenvalue weighted by Crippen LogP contribution is -2.52. The number of benzene rings is 2. The smallest absolute Gasteiger partial charge is 0.314 e. The first kappa shape index (κ1) is 27.3. The van der Waals surface area contributed by atoms with Crippen molar-refractivity contribution < 1.29 is 19.1 Å². The number of fused-ring (bicyclic) bond motifs is 1. The molecule has 200 valence electrons. The third-order valence-corrected chi connectivity index (χ3v) is 6.90. The number of carbonyl (C=O) groups is 3. The third-order valence-electron chi connectivity index (χ3n) is 6.90. The lowest BCUT2D eigenvalue weighted by Gasteiger charge is -2.37. The summed E-state index contributed by atoms with van der Waals surface area (Å²) in [5.74, 6) is -1.75. The highest BCUT2D eigenvalue weighted by Crippen LogP contribution is 2.45. The van der Waals surface area contributed by atoms with Crippen LogP contribution in [-0.4, -0.2) is 35.3 Å². The molecular weight excluding hydrogens is 478 g/mol. The molecule has 2 aromatic rings. The van der Waals surface area contributed by atoms with E-state index >= 15 is 0 Å². The summed E-state index contributed by atoms with van der Waals surface area (Å²) < 4.78 is 5.82. The lowest BCUT2D eigenvalue weighted by molar-refractivity contribution is -0.173. The number of esters is 1. The number of hydrogen-bond donors (Lipinski definition) is 2. The summed E-state index contributed by atoms with van der Waals surface area (Å²) in [6, 6.07) is 17.0. The number of hydrogen-bond acceptors (Lipinski definition) is 5. The Bertz CT molecular complexity index is 1250. The van der Waals surface area contributed by atoms with Gasteiger partial charge in [0.1, 0.15) is 5.60 Å². The lowest BCUT2D eigenvalue weighted by atomic mass is 9.69. The first-order valence-electron chi connectivity index (χ1n) is 13.2. The van der Waals surface area contributed by atoms with E-state index in [1.165, 1.54) is 0 Å². The fourth-order valence-corrected chi connectivity index (χ4v) is 5.11. The fraction of sp³-hybridized carbons (Fsp3) is 0.419. The zero-order valence-electron chi connectivity index (χ0n) is 22.8. The Morgan fingerprint density at radius 2 is 1.68 bits per heavy atom. The molecule has 1 aliphatic carbocycles. The first-order valence-corrected chi connectivity index (χ1v) is 13.2. The van der Waals surface area contributed by atoms with Gasteiger partial charge in [-0.15, -0.1) is 0 Å². The van der Waals surface area contributed by atoms with Crippen LogP contribution in [0, 0.1) is 17.3 Å². The van der Waals surface area contributed by atoms with Gasteiger partial charge in [0, 0.05) is 11.1 Å². The number of nitrogens with one attached hydrogen (secondary N) is 2. The molecule has 7 nitrogen and oxygen atoms in total. The summed E-state index contributed by atoms with van der Waals surface area (Å²) in [6.07, 6.45) is 4.00. The fourth-order valence-electron chi connectivity index (χ4n) is 5.11. The number of para-hydroxylation sites is 1. The van der Waals surface area contributed by atoms with Crippen molar-refractivity contribution in [3.05, 3.63) is 77.9 Å². The minimum atomic E-state index is -1.16. The van der Waals surface area contributed by atoms with Crippen LogP contribution < -0.4 is 10.6 Å². The second kappa shape index (κ2) is 10.9. The molecule has 0 radical (unpaired) electrons. The van der Waals surface area contributed by atoms with Gasteiger partial charge in [-0.25, -0.2) is 4.99 Å². The van der Waals surface area contributed by atoms with Crippen LogP contribution in [0.4, 0.5) is 5.69 Å². The van der Waals surface area contributed by atoms with Crippen molar-refractivity contribution in [3.8, 4) is 0 Å². The Labute approximate surface area is 224 Å². The van der Waals surface area contributed by atoms with Gasteiger partial charge in [0.05, 0.1) is 22.7 Å². The summed E-state index contributed by atoms with van der Waals surface area (Å²) in [5, 5.41) is 5.81. The summed E-state index contributed by atoms with van der Waals surface area (Å²) in [6.45, 7) is 9.52. The molecule has 1 aliphatic heterocycles. The molecule has 0 aromatic heterocycles. The second-order valence-electron chi connectivity index (χ2n) is 11.5. The Morgan fingerprint density at radius 1 is 1.05 bits per heavy atom. The van der Waals surface area contributed by atoms with Crippen molar-refractivity contribution in [2.75, 3.05) is 5.32 Å². The van der Waals surface area contributed by atoms with E-state index in [1.807, 2.05) is 101 Å². The van der Waals surface area contributed by atoms with Crippen LogP contribution >= 0.6 is 0 Å². The minimum Gasteiger partial charge on any atom is -0.460 e. The van der Waals surface area contributed by atoms with Gasteiger partial charge in [-0.2, -0.15) is 0 Å². The summed E-state index contributed by atoms with van der Waals surface area (Å²) >= 11 is 0. The van der Waals surface area contributed by atoms with Crippen molar-refractivity contribution in [1.82, 2.24) is 5.32 Å². The third kappa shape index (κ3) is 5.87. The average molecular weight is 516 g/mol. The van der Waals surface area contributed by atoms with E-state index in [2.05, 4.69) is 10.6 Å². The van der Waals surface area contributed by atoms with Gasteiger partial charge < -0.3 is 15.4 Å². The molecule has 1 unspecified atom stereocenters. The molecule has 4 rings (SSSR count). The first-order chi connectivity index (χ1) is 18.0. The standard InChI is InChI=1S/C31H37N3O4/c1-20(2)19-23(31(17-11-12-18-31)29(37)38-30(3,4)5)27(35)34-26-28(36)32-24-16-10-9-15-22(24)25(33-26)21-13-7-6-8-14-21/h6-16,20,23,26H,17-19H2,1-5H3,(H,32,36)(H,34,35)/t23-,26?/m0/s1. The zero-order valence-corrected chi connectivity index (χ0v) is 22.8. The largest absolute Gasteiger partial charge is 0.460 e. The monoisotopic (exact) mass is 515 g/mol. The van der Waals surface area contributed by atoms with E-state index in [0.29, 0.717) is 30.7 Å². The van der Waals surface area contributed by atoms with Gasteiger partial charge >= 0.3 is 5.97 Å². The molecule has 0 fully saturated rings. The molecule has 2 N–H and O–H groups in total. The SMILES string of the molecule is CC(C)C[C@@H](C(=O)NC1N=C(c2ccccc2)c2ccccc2NC1=O)C1(C(=O)OC(C)(C)C)CC=CC1. The molecule has 38 heavy (non-hydrogen) atoms. The topological polar surface area (TPSA) is 96.9 Å². The van der Waals surface area contributed by atoms with E-state index in [0.717, 1.165) is 11.1 Å². The van der Waals surface area contributed by atoms with E-state index in [-0.39, 0.29) is 17.8 Å². The number of aliphatic imine (C=N–C) groups is 1. The van der Waals surface area contributed by atoms with Gasteiger partial charge in [-0.1, -0.05) is 74.5 Å². The zero-order chi connectivity index (χ0) is 27.5. The van der Waals surface area contributed by atoms with E-state index in [4.69, 9.17) is 9.73 Å². The predicted molar refractivity (Wildman–Crippen MR) is 149 cm³/mol. The van der Waals surface area contributed by atoms with Crippen molar-refractivity contribution in [2.45, 2.75) is 65.6 Å². The van der Waals surface area contributed by atoms with Crippen LogP contribution in [0.15, 0.2) is 71.7 Å².